The van der Waals surface area contributed by atoms with E-state index in [4.69, 9.17) is 10.5 Å². The average Bonchev–Trinajstić information content (AvgIpc) is 3.14. The van der Waals surface area contributed by atoms with Crippen molar-refractivity contribution in [3.8, 4) is 5.75 Å². The molecule has 12 heteroatoms. The molecule has 0 saturated heterocycles. The number of hydrogen-bond acceptors (Lipinski definition) is 8. The number of aryl methyl sites for hydroxylation is 1. The minimum atomic E-state index is -3.58. The molecule has 0 aliphatic rings. The Bertz CT molecular complexity index is 1340. The Labute approximate surface area is 203 Å². The molecule has 35 heavy (non-hydrogen) atoms. The van der Waals surface area contributed by atoms with E-state index in [-0.39, 0.29) is 40.1 Å². The van der Waals surface area contributed by atoms with Gasteiger partial charge in [-0.15, -0.1) is 0 Å². The van der Waals surface area contributed by atoms with Gasteiger partial charge in [0.2, 0.25) is 0 Å². The summed E-state index contributed by atoms with van der Waals surface area (Å²) in [6, 6.07) is 7.50. The van der Waals surface area contributed by atoms with Crippen molar-refractivity contribution in [2.24, 2.45) is 11.7 Å². The standard InChI is InChI=1S/C23H28N6O5S/c1-5-18-20(21(22(24)30)29(28-18)12-15-7-6-10-25-27-15)26-23(31)17-11-16(35(4,32)33)8-9-19(17)34-13-14(2)3/h6-11,14H,5,12-13H2,1-4H3,(H2,24,30)(H,26,31). The average molecular weight is 501 g/mol. The molecule has 0 radical (unpaired) electrons. The van der Waals surface area contributed by atoms with Gasteiger partial charge in [0.1, 0.15) is 11.4 Å². The first-order chi connectivity index (χ1) is 16.5. The number of sulfone groups is 1. The molecule has 0 aliphatic heterocycles. The summed E-state index contributed by atoms with van der Waals surface area (Å²) < 4.78 is 31.3. The van der Waals surface area contributed by atoms with Crippen molar-refractivity contribution in [1.82, 2.24) is 20.0 Å². The maximum Gasteiger partial charge on any atom is 0.269 e. The molecule has 0 aliphatic carbocycles. The lowest BCUT2D eigenvalue weighted by atomic mass is 10.1. The van der Waals surface area contributed by atoms with Gasteiger partial charge in [0.25, 0.3) is 11.8 Å². The van der Waals surface area contributed by atoms with Crippen molar-refractivity contribution in [3.63, 3.8) is 0 Å². The molecule has 0 fully saturated rings. The zero-order chi connectivity index (χ0) is 25.8. The SMILES string of the molecule is CCc1nn(Cc2cccnn2)c(C(N)=O)c1NC(=O)c1cc(S(C)(=O)=O)ccc1OCC(C)C. The van der Waals surface area contributed by atoms with Crippen LogP contribution in [0.5, 0.6) is 5.75 Å². The third-order valence-electron chi connectivity index (χ3n) is 4.97. The first kappa shape index (κ1) is 25.8. The van der Waals surface area contributed by atoms with Crippen molar-refractivity contribution in [2.75, 3.05) is 18.2 Å². The molecule has 1 aromatic carbocycles. The van der Waals surface area contributed by atoms with Gasteiger partial charge in [-0.1, -0.05) is 20.8 Å². The van der Waals surface area contributed by atoms with E-state index in [2.05, 4.69) is 20.6 Å². The Morgan fingerprint density at radius 2 is 1.97 bits per heavy atom. The van der Waals surface area contributed by atoms with E-state index in [9.17, 15) is 18.0 Å². The van der Waals surface area contributed by atoms with Gasteiger partial charge in [0, 0.05) is 12.5 Å². The number of nitrogens with one attached hydrogen (secondary N) is 1. The largest absolute Gasteiger partial charge is 0.492 e. The van der Waals surface area contributed by atoms with Crippen LogP contribution in [-0.2, 0) is 22.8 Å². The van der Waals surface area contributed by atoms with Crippen LogP contribution in [0.25, 0.3) is 0 Å². The van der Waals surface area contributed by atoms with Crippen molar-refractivity contribution in [1.29, 1.82) is 0 Å². The van der Waals surface area contributed by atoms with Crippen molar-refractivity contribution in [2.45, 2.75) is 38.6 Å². The second-order valence-electron chi connectivity index (χ2n) is 8.35. The lowest BCUT2D eigenvalue weighted by Gasteiger charge is -2.15. The van der Waals surface area contributed by atoms with Crippen LogP contribution in [0.4, 0.5) is 5.69 Å². The normalized spacial score (nSPS) is 11.5. The van der Waals surface area contributed by atoms with Crippen LogP contribution in [0.3, 0.4) is 0 Å². The molecule has 2 amide bonds. The van der Waals surface area contributed by atoms with Crippen molar-refractivity contribution in [3.05, 3.63) is 59.2 Å². The van der Waals surface area contributed by atoms with E-state index >= 15 is 0 Å². The predicted octanol–water partition coefficient (Wildman–Crippen LogP) is 2.07. The number of carbonyl (C=O) groups is 2. The van der Waals surface area contributed by atoms with Gasteiger partial charge in [0.15, 0.2) is 9.84 Å². The molecule has 11 nitrogen and oxygen atoms in total. The van der Waals surface area contributed by atoms with E-state index in [1.54, 1.807) is 12.1 Å². The van der Waals surface area contributed by atoms with Gasteiger partial charge in [-0.3, -0.25) is 14.3 Å². The lowest BCUT2D eigenvalue weighted by molar-refractivity contribution is 0.0991. The minimum Gasteiger partial charge on any atom is -0.492 e. The molecule has 0 saturated carbocycles. The van der Waals surface area contributed by atoms with Gasteiger partial charge < -0.3 is 15.8 Å². The highest BCUT2D eigenvalue weighted by atomic mass is 32.2. The van der Waals surface area contributed by atoms with Crippen LogP contribution in [0.2, 0.25) is 0 Å². The molecule has 0 bridgehead atoms. The van der Waals surface area contributed by atoms with Crippen molar-refractivity contribution < 1.29 is 22.7 Å². The third-order valence-corrected chi connectivity index (χ3v) is 6.08. The van der Waals surface area contributed by atoms with E-state index in [0.717, 1.165) is 6.26 Å². The molecule has 3 rings (SSSR count). The number of primary amides is 1. The van der Waals surface area contributed by atoms with Gasteiger partial charge >= 0.3 is 0 Å². The summed E-state index contributed by atoms with van der Waals surface area (Å²) in [7, 11) is -3.58. The number of nitrogens with two attached hydrogens (primary N) is 1. The molecule has 3 N–H and O–H groups in total. The topological polar surface area (TPSA) is 159 Å². The van der Waals surface area contributed by atoms with Crippen molar-refractivity contribution >= 4 is 27.3 Å². The Morgan fingerprint density at radius 1 is 1.23 bits per heavy atom. The van der Waals surface area contributed by atoms with Gasteiger partial charge in [-0.2, -0.15) is 15.3 Å². The van der Waals surface area contributed by atoms with Gasteiger partial charge in [0.05, 0.1) is 40.7 Å². The Balaban J connectivity index is 2.05. The maximum atomic E-state index is 13.4. The Morgan fingerprint density at radius 3 is 2.54 bits per heavy atom. The number of anilines is 1. The Kier molecular flexibility index (Phi) is 7.85. The Hall–Kier alpha value is -3.80. The number of ether oxygens (including phenoxy) is 1. The third kappa shape index (κ3) is 6.21. The summed E-state index contributed by atoms with van der Waals surface area (Å²) in [4.78, 5) is 25.7. The van der Waals surface area contributed by atoms with Gasteiger partial charge in [-0.05, 0) is 42.7 Å². The zero-order valence-electron chi connectivity index (χ0n) is 20.0. The molecular weight excluding hydrogens is 472 g/mol. The lowest BCUT2D eigenvalue weighted by Crippen LogP contribution is -2.22. The van der Waals surface area contributed by atoms with Crippen LogP contribution in [-0.4, -0.2) is 53.1 Å². The molecule has 0 unspecified atom stereocenters. The second kappa shape index (κ2) is 10.6. The number of amides is 2. The zero-order valence-corrected chi connectivity index (χ0v) is 20.8. The quantitative estimate of drug-likeness (QED) is 0.428. The number of benzene rings is 1. The molecular formula is C23H28N6O5S. The highest BCUT2D eigenvalue weighted by Crippen LogP contribution is 2.27. The summed E-state index contributed by atoms with van der Waals surface area (Å²) in [6.45, 7) is 6.14. The summed E-state index contributed by atoms with van der Waals surface area (Å²) in [5.41, 5.74) is 6.77. The van der Waals surface area contributed by atoms with E-state index in [1.165, 1.54) is 29.1 Å². The fraction of sp³-hybridized carbons (Fsp3) is 0.348. The summed E-state index contributed by atoms with van der Waals surface area (Å²) in [5, 5.41) is 15.0. The predicted molar refractivity (Wildman–Crippen MR) is 129 cm³/mol. The van der Waals surface area contributed by atoms with Crippen LogP contribution in [0.15, 0.2) is 41.4 Å². The maximum absolute atomic E-state index is 13.4. The molecule has 0 spiro atoms. The number of rotatable bonds is 10. The molecule has 0 atom stereocenters. The fourth-order valence-corrected chi connectivity index (χ4v) is 3.95. The molecule has 186 valence electrons. The number of hydrogen-bond donors (Lipinski definition) is 2. The fourth-order valence-electron chi connectivity index (χ4n) is 3.31. The highest BCUT2D eigenvalue weighted by Gasteiger charge is 2.25. The number of nitrogens with zero attached hydrogens (tertiary/aromatic N) is 4. The smallest absolute Gasteiger partial charge is 0.269 e. The summed E-state index contributed by atoms with van der Waals surface area (Å²) in [6.07, 6.45) is 2.97. The van der Waals surface area contributed by atoms with Crippen LogP contribution >= 0.6 is 0 Å². The first-order valence-corrected chi connectivity index (χ1v) is 12.8. The van der Waals surface area contributed by atoms with E-state index in [0.29, 0.717) is 24.4 Å². The first-order valence-electron chi connectivity index (χ1n) is 11.0. The monoisotopic (exact) mass is 500 g/mol. The van der Waals surface area contributed by atoms with Crippen LogP contribution in [0, 0.1) is 5.92 Å². The van der Waals surface area contributed by atoms with Crippen LogP contribution in [0.1, 0.15) is 53.0 Å². The minimum absolute atomic E-state index is 0.00715. The summed E-state index contributed by atoms with van der Waals surface area (Å²) >= 11 is 0. The molecule has 3 aromatic rings. The van der Waals surface area contributed by atoms with E-state index in [1.807, 2.05) is 20.8 Å². The van der Waals surface area contributed by atoms with Crippen LogP contribution < -0.4 is 15.8 Å². The van der Waals surface area contributed by atoms with Gasteiger partial charge in [-0.25, -0.2) is 8.42 Å². The highest BCUT2D eigenvalue weighted by molar-refractivity contribution is 7.90. The molecule has 2 heterocycles. The molecule has 2 aromatic heterocycles. The second-order valence-corrected chi connectivity index (χ2v) is 10.4. The number of carbonyl (C=O) groups excluding carboxylic acids is 2. The number of aromatic nitrogens is 4. The summed E-state index contributed by atoms with van der Waals surface area (Å²) in [5.74, 6) is -1.06. The van der Waals surface area contributed by atoms with E-state index < -0.39 is 21.7 Å².